The smallest absolute Gasteiger partial charge is 0.272 e. The maximum Gasteiger partial charge on any atom is 0.272 e. The molecule has 3 amide bonds. The number of hydrogen-bond donors (Lipinski definition) is 3. The van der Waals surface area contributed by atoms with Crippen molar-refractivity contribution in [2.75, 3.05) is 10.6 Å². The topological polar surface area (TPSA) is 130 Å². The van der Waals surface area contributed by atoms with E-state index >= 15 is 0 Å². The van der Waals surface area contributed by atoms with E-state index in [-0.39, 0.29) is 17.3 Å². The van der Waals surface area contributed by atoms with Gasteiger partial charge in [-0.05, 0) is 77.9 Å². The zero-order valence-electron chi connectivity index (χ0n) is 24.9. The van der Waals surface area contributed by atoms with Crippen LogP contribution in [0.2, 0.25) is 10.0 Å². The second-order valence-electron chi connectivity index (χ2n) is 10.2. The first-order valence-electron chi connectivity index (χ1n) is 14.4. The maximum absolute atomic E-state index is 13.6. The molecule has 0 aliphatic heterocycles. The Labute approximate surface area is 290 Å². The first kappa shape index (κ1) is 33.9. The molecule has 0 radical (unpaired) electrons. The number of nitro groups is 1. The van der Waals surface area contributed by atoms with E-state index in [1.54, 1.807) is 66.7 Å². The Bertz CT molecular complexity index is 1990. The lowest BCUT2D eigenvalue weighted by Crippen LogP contribution is -2.30. The van der Waals surface area contributed by atoms with Gasteiger partial charge in [-0.15, -0.1) is 11.8 Å². The van der Waals surface area contributed by atoms with E-state index < -0.39 is 22.0 Å². The van der Waals surface area contributed by atoms with E-state index in [0.717, 1.165) is 5.56 Å². The number of halogens is 2. The van der Waals surface area contributed by atoms with Crippen molar-refractivity contribution in [3.8, 4) is 0 Å². The molecule has 0 saturated heterocycles. The Kier molecular flexibility index (Phi) is 11.3. The summed E-state index contributed by atoms with van der Waals surface area (Å²) in [5.41, 5.74) is 2.16. The molecule has 0 bridgehead atoms. The van der Waals surface area contributed by atoms with Crippen LogP contribution >= 0.6 is 35.0 Å². The van der Waals surface area contributed by atoms with Gasteiger partial charge in [-0.3, -0.25) is 24.5 Å². The van der Waals surface area contributed by atoms with E-state index in [2.05, 4.69) is 16.0 Å². The van der Waals surface area contributed by atoms with Crippen molar-refractivity contribution in [2.24, 2.45) is 0 Å². The molecule has 0 saturated carbocycles. The molecule has 12 heteroatoms. The number of nitrogens with zero attached hydrogens (tertiary/aromatic N) is 1. The molecule has 1 unspecified atom stereocenters. The van der Waals surface area contributed by atoms with Gasteiger partial charge in [0.05, 0.1) is 15.6 Å². The number of benzene rings is 5. The average Bonchev–Trinajstić information content (AvgIpc) is 3.09. The average molecular weight is 698 g/mol. The predicted molar refractivity (Wildman–Crippen MR) is 190 cm³/mol. The summed E-state index contributed by atoms with van der Waals surface area (Å²) in [5, 5.41) is 19.5. The molecule has 48 heavy (non-hydrogen) atoms. The number of carbonyl (C=O) groups is 3. The molecule has 5 aromatic rings. The summed E-state index contributed by atoms with van der Waals surface area (Å²) in [7, 11) is 0. The number of nitrogens with one attached hydrogen (secondary N) is 3. The molecular formula is C36H26Cl2N4O5S. The molecule has 0 aliphatic rings. The molecule has 0 aromatic heterocycles. The van der Waals surface area contributed by atoms with Crippen LogP contribution in [0.1, 0.15) is 26.7 Å². The van der Waals surface area contributed by atoms with Gasteiger partial charge in [0, 0.05) is 33.3 Å². The highest BCUT2D eigenvalue weighted by Crippen LogP contribution is 2.38. The fraction of sp³-hybridized carbons (Fsp3) is 0.0278. The van der Waals surface area contributed by atoms with Crippen LogP contribution in [0.15, 0.2) is 138 Å². The minimum Gasteiger partial charge on any atom is -0.323 e. The Hall–Kier alpha value is -5.42. The van der Waals surface area contributed by atoms with E-state index in [0.29, 0.717) is 37.4 Å². The molecule has 0 spiro atoms. The van der Waals surface area contributed by atoms with E-state index in [9.17, 15) is 24.5 Å². The zero-order valence-corrected chi connectivity index (χ0v) is 27.3. The van der Waals surface area contributed by atoms with Crippen LogP contribution in [0, 0.1) is 10.1 Å². The highest BCUT2D eigenvalue weighted by molar-refractivity contribution is 8.00. The van der Waals surface area contributed by atoms with Crippen molar-refractivity contribution >= 4 is 75.8 Å². The Morgan fingerprint density at radius 1 is 0.771 bits per heavy atom. The molecule has 9 nitrogen and oxygen atoms in total. The largest absolute Gasteiger partial charge is 0.323 e. The normalized spacial score (nSPS) is 11.7. The zero-order chi connectivity index (χ0) is 34.0. The third-order valence-electron chi connectivity index (χ3n) is 6.82. The van der Waals surface area contributed by atoms with Crippen LogP contribution in [0.3, 0.4) is 0 Å². The molecule has 0 aliphatic carbocycles. The summed E-state index contributed by atoms with van der Waals surface area (Å²) in [5.74, 6) is -1.46. The molecule has 1 atom stereocenters. The molecular weight excluding hydrogens is 671 g/mol. The van der Waals surface area contributed by atoms with Crippen LogP contribution < -0.4 is 16.0 Å². The fourth-order valence-electron chi connectivity index (χ4n) is 4.47. The van der Waals surface area contributed by atoms with Crippen LogP contribution in [0.25, 0.3) is 6.08 Å². The van der Waals surface area contributed by atoms with Crippen molar-refractivity contribution in [2.45, 2.75) is 10.1 Å². The predicted octanol–water partition coefficient (Wildman–Crippen LogP) is 8.78. The van der Waals surface area contributed by atoms with Crippen molar-refractivity contribution in [1.82, 2.24) is 5.32 Å². The third kappa shape index (κ3) is 9.10. The van der Waals surface area contributed by atoms with Crippen LogP contribution in [0.4, 0.5) is 17.1 Å². The lowest BCUT2D eigenvalue weighted by Gasteiger charge is -2.18. The minimum absolute atomic E-state index is 0.0860. The Balaban J connectivity index is 1.39. The van der Waals surface area contributed by atoms with Crippen LogP contribution in [-0.2, 0) is 9.59 Å². The second kappa shape index (κ2) is 15.9. The number of rotatable bonds is 11. The minimum atomic E-state index is -0.688. The number of thioether (sulfide) groups is 1. The SMILES string of the molecule is O=C(Nc1cccc(SC(C(=O)Nc2ccc(Cl)cc2Cl)c2ccccc2)c1)/C(=C\c1ccc([N+](=O)[O-])cc1)NC(=O)c1ccccc1. The molecule has 5 aromatic carbocycles. The van der Waals surface area contributed by atoms with Crippen molar-refractivity contribution in [3.63, 3.8) is 0 Å². The number of nitro benzene ring substituents is 1. The molecule has 3 N–H and O–H groups in total. The highest BCUT2D eigenvalue weighted by atomic mass is 35.5. The number of non-ortho nitro benzene ring substituents is 1. The van der Waals surface area contributed by atoms with Crippen LogP contribution in [0.5, 0.6) is 0 Å². The second-order valence-corrected chi connectivity index (χ2v) is 12.3. The van der Waals surface area contributed by atoms with Gasteiger partial charge in [-0.1, -0.05) is 77.8 Å². The lowest BCUT2D eigenvalue weighted by molar-refractivity contribution is -0.384. The molecule has 0 heterocycles. The standard InChI is InChI=1S/C36H26Cl2N4O5S/c37-26-16-19-31(30(38)21-26)40-36(45)33(24-8-3-1-4-9-24)48-29-13-7-12-27(22-29)39-35(44)32(41-34(43)25-10-5-2-6-11-25)20-23-14-17-28(18-15-23)42(46)47/h1-22,33H,(H,39,44)(H,40,45)(H,41,43)/b32-20+. The highest BCUT2D eigenvalue weighted by Gasteiger charge is 2.23. The van der Waals surface area contributed by atoms with Gasteiger partial charge < -0.3 is 16.0 Å². The number of carbonyl (C=O) groups excluding carboxylic acids is 3. The van der Waals surface area contributed by atoms with E-state index in [1.165, 1.54) is 42.1 Å². The molecule has 0 fully saturated rings. The molecule has 240 valence electrons. The quantitative estimate of drug-likeness (QED) is 0.0548. The van der Waals surface area contributed by atoms with Gasteiger partial charge in [-0.25, -0.2) is 0 Å². The van der Waals surface area contributed by atoms with Gasteiger partial charge in [0.15, 0.2) is 0 Å². The lowest BCUT2D eigenvalue weighted by atomic mass is 10.1. The summed E-state index contributed by atoms with van der Waals surface area (Å²) >= 11 is 13.6. The Morgan fingerprint density at radius 2 is 1.46 bits per heavy atom. The number of hydrogen-bond acceptors (Lipinski definition) is 6. The summed E-state index contributed by atoms with van der Waals surface area (Å²) in [6.45, 7) is 0. The third-order valence-corrected chi connectivity index (χ3v) is 8.61. The maximum atomic E-state index is 13.6. The summed E-state index contributed by atoms with van der Waals surface area (Å²) in [4.78, 5) is 51.4. The number of anilines is 2. The molecule has 5 rings (SSSR count). The van der Waals surface area contributed by atoms with Crippen molar-refractivity contribution < 1.29 is 19.3 Å². The van der Waals surface area contributed by atoms with Gasteiger partial charge in [0.1, 0.15) is 10.9 Å². The summed E-state index contributed by atoms with van der Waals surface area (Å²) < 4.78 is 0. The summed E-state index contributed by atoms with van der Waals surface area (Å²) in [6.07, 6.45) is 1.43. The van der Waals surface area contributed by atoms with Gasteiger partial charge in [-0.2, -0.15) is 0 Å². The van der Waals surface area contributed by atoms with Gasteiger partial charge in [0.2, 0.25) is 5.91 Å². The van der Waals surface area contributed by atoms with Crippen molar-refractivity contribution in [1.29, 1.82) is 0 Å². The van der Waals surface area contributed by atoms with Crippen molar-refractivity contribution in [3.05, 3.63) is 170 Å². The Morgan fingerprint density at radius 3 is 2.12 bits per heavy atom. The first-order valence-corrected chi connectivity index (χ1v) is 16.0. The summed E-state index contributed by atoms with van der Waals surface area (Å²) in [6, 6.07) is 34.9. The number of amides is 3. The first-order chi connectivity index (χ1) is 23.2. The van der Waals surface area contributed by atoms with Crippen LogP contribution in [-0.4, -0.2) is 22.6 Å². The fourth-order valence-corrected chi connectivity index (χ4v) is 6.01. The van der Waals surface area contributed by atoms with Gasteiger partial charge >= 0.3 is 0 Å². The van der Waals surface area contributed by atoms with E-state index in [1.807, 2.05) is 36.4 Å². The van der Waals surface area contributed by atoms with Gasteiger partial charge in [0.25, 0.3) is 17.5 Å². The monoisotopic (exact) mass is 696 g/mol. The van der Waals surface area contributed by atoms with E-state index in [4.69, 9.17) is 23.2 Å².